The standard InChI is InChI=1S/C15H20N4O3S/c1-3-12-4-6-13(7-5-12)14-10-19(8-9-22-14)23(20,21)15-17-16-11-18(15)2/h4-7,11,14H,3,8-10H2,1-2H3. The monoisotopic (exact) mass is 336 g/mol. The van der Waals surface area contributed by atoms with Gasteiger partial charge in [-0.25, -0.2) is 8.42 Å². The minimum absolute atomic E-state index is 0.0421. The molecule has 7 nitrogen and oxygen atoms in total. The van der Waals surface area contributed by atoms with Gasteiger partial charge in [-0.15, -0.1) is 10.2 Å². The van der Waals surface area contributed by atoms with E-state index in [9.17, 15) is 8.42 Å². The second-order valence-electron chi connectivity index (χ2n) is 5.54. The molecule has 1 aromatic heterocycles. The van der Waals surface area contributed by atoms with Gasteiger partial charge in [0.15, 0.2) is 0 Å². The molecule has 0 aliphatic carbocycles. The highest BCUT2D eigenvalue weighted by Crippen LogP contribution is 2.26. The van der Waals surface area contributed by atoms with Crippen LogP contribution < -0.4 is 0 Å². The third-order valence-corrected chi connectivity index (χ3v) is 5.87. The quantitative estimate of drug-likeness (QED) is 0.837. The van der Waals surface area contributed by atoms with Crippen molar-refractivity contribution in [3.05, 3.63) is 41.7 Å². The largest absolute Gasteiger partial charge is 0.371 e. The summed E-state index contributed by atoms with van der Waals surface area (Å²) in [6, 6.07) is 8.10. The first-order valence-corrected chi connectivity index (χ1v) is 9.01. The van der Waals surface area contributed by atoms with Gasteiger partial charge >= 0.3 is 0 Å². The summed E-state index contributed by atoms with van der Waals surface area (Å²) in [5, 5.41) is 7.34. The van der Waals surface area contributed by atoms with E-state index in [2.05, 4.69) is 29.3 Å². The summed E-state index contributed by atoms with van der Waals surface area (Å²) in [5.74, 6) is 0. The van der Waals surface area contributed by atoms with Crippen molar-refractivity contribution >= 4 is 10.0 Å². The molecule has 2 aromatic rings. The highest BCUT2D eigenvalue weighted by molar-refractivity contribution is 7.89. The van der Waals surface area contributed by atoms with Crippen molar-refractivity contribution < 1.29 is 13.2 Å². The van der Waals surface area contributed by atoms with E-state index in [1.54, 1.807) is 7.05 Å². The molecule has 1 aromatic carbocycles. The second kappa shape index (κ2) is 6.38. The third kappa shape index (κ3) is 3.15. The molecule has 1 saturated heterocycles. The predicted molar refractivity (Wildman–Crippen MR) is 84.3 cm³/mol. The lowest BCUT2D eigenvalue weighted by Gasteiger charge is -2.31. The number of rotatable bonds is 4. The topological polar surface area (TPSA) is 77.3 Å². The minimum atomic E-state index is -3.66. The number of morpholine rings is 1. The van der Waals surface area contributed by atoms with E-state index in [-0.39, 0.29) is 17.8 Å². The summed E-state index contributed by atoms with van der Waals surface area (Å²) in [5.41, 5.74) is 2.23. The molecular formula is C15H20N4O3S. The second-order valence-corrected chi connectivity index (χ2v) is 7.37. The Morgan fingerprint density at radius 2 is 2.04 bits per heavy atom. The molecule has 1 unspecified atom stereocenters. The Bertz CT molecular complexity index is 770. The Morgan fingerprint density at radius 1 is 1.30 bits per heavy atom. The van der Waals surface area contributed by atoms with Gasteiger partial charge in [0.2, 0.25) is 0 Å². The van der Waals surface area contributed by atoms with E-state index in [4.69, 9.17) is 4.74 Å². The van der Waals surface area contributed by atoms with Crippen LogP contribution in [0.1, 0.15) is 24.2 Å². The van der Waals surface area contributed by atoms with Crippen molar-refractivity contribution in [1.82, 2.24) is 19.1 Å². The van der Waals surface area contributed by atoms with Crippen molar-refractivity contribution in [2.24, 2.45) is 7.05 Å². The van der Waals surface area contributed by atoms with Crippen LogP contribution in [0.3, 0.4) is 0 Å². The van der Waals surface area contributed by atoms with Gasteiger partial charge in [-0.05, 0) is 17.5 Å². The predicted octanol–water partition coefficient (Wildman–Crippen LogP) is 1.14. The van der Waals surface area contributed by atoms with E-state index in [1.165, 1.54) is 20.8 Å². The first-order chi connectivity index (χ1) is 11.0. The zero-order valence-electron chi connectivity index (χ0n) is 13.2. The minimum Gasteiger partial charge on any atom is -0.371 e. The van der Waals surface area contributed by atoms with Crippen molar-refractivity contribution in [3.63, 3.8) is 0 Å². The fraction of sp³-hybridized carbons (Fsp3) is 0.467. The van der Waals surface area contributed by atoms with Gasteiger partial charge in [-0.3, -0.25) is 0 Å². The van der Waals surface area contributed by atoms with E-state index in [0.29, 0.717) is 13.2 Å². The average Bonchev–Trinajstić information content (AvgIpc) is 3.02. The molecule has 0 amide bonds. The summed E-state index contributed by atoms with van der Waals surface area (Å²) in [7, 11) is -2.04. The van der Waals surface area contributed by atoms with Crippen molar-refractivity contribution in [3.8, 4) is 0 Å². The number of sulfonamides is 1. The van der Waals surface area contributed by atoms with Crippen LogP contribution >= 0.6 is 0 Å². The molecule has 3 rings (SSSR count). The van der Waals surface area contributed by atoms with Crippen LogP contribution in [0.25, 0.3) is 0 Å². The zero-order valence-corrected chi connectivity index (χ0v) is 14.0. The number of benzene rings is 1. The number of hydrogen-bond acceptors (Lipinski definition) is 5. The lowest BCUT2D eigenvalue weighted by Crippen LogP contribution is -2.42. The summed E-state index contributed by atoms with van der Waals surface area (Å²) >= 11 is 0. The highest BCUT2D eigenvalue weighted by Gasteiger charge is 2.34. The molecular weight excluding hydrogens is 316 g/mol. The molecule has 2 heterocycles. The number of aryl methyl sites for hydroxylation is 2. The number of nitrogens with zero attached hydrogens (tertiary/aromatic N) is 4. The lowest BCUT2D eigenvalue weighted by molar-refractivity contribution is -0.00275. The van der Waals surface area contributed by atoms with Gasteiger partial charge in [0.25, 0.3) is 15.2 Å². The Balaban J connectivity index is 1.81. The molecule has 1 aliphatic heterocycles. The van der Waals surface area contributed by atoms with Crippen LogP contribution in [0.4, 0.5) is 0 Å². The van der Waals surface area contributed by atoms with Gasteiger partial charge in [-0.1, -0.05) is 31.2 Å². The molecule has 1 fully saturated rings. The lowest BCUT2D eigenvalue weighted by atomic mass is 10.1. The third-order valence-electron chi connectivity index (χ3n) is 4.03. The molecule has 1 atom stereocenters. The van der Waals surface area contributed by atoms with Crippen LogP contribution in [-0.4, -0.2) is 47.2 Å². The number of ether oxygens (including phenoxy) is 1. The first-order valence-electron chi connectivity index (χ1n) is 7.57. The molecule has 8 heteroatoms. The van der Waals surface area contributed by atoms with Gasteiger partial charge in [0.05, 0.1) is 12.7 Å². The fourth-order valence-corrected chi connectivity index (χ4v) is 4.07. The maximum Gasteiger partial charge on any atom is 0.278 e. The van der Waals surface area contributed by atoms with E-state index < -0.39 is 10.0 Å². The normalized spacial score (nSPS) is 19.8. The van der Waals surface area contributed by atoms with E-state index >= 15 is 0 Å². The molecule has 0 spiro atoms. The first kappa shape index (κ1) is 16.1. The van der Waals surface area contributed by atoms with Crippen LogP contribution in [-0.2, 0) is 28.2 Å². The molecule has 0 saturated carbocycles. The van der Waals surface area contributed by atoms with Gasteiger partial charge in [-0.2, -0.15) is 4.31 Å². The number of hydrogen-bond donors (Lipinski definition) is 0. The Kier molecular flexibility index (Phi) is 4.47. The van der Waals surface area contributed by atoms with Crippen LogP contribution in [0.5, 0.6) is 0 Å². The molecule has 124 valence electrons. The molecule has 1 aliphatic rings. The van der Waals surface area contributed by atoms with Gasteiger partial charge in [0, 0.05) is 20.1 Å². The molecule has 0 radical (unpaired) electrons. The van der Waals surface area contributed by atoms with Crippen LogP contribution in [0.15, 0.2) is 35.7 Å². The zero-order chi connectivity index (χ0) is 16.4. The Morgan fingerprint density at radius 3 is 2.65 bits per heavy atom. The van der Waals surface area contributed by atoms with Gasteiger partial charge < -0.3 is 9.30 Å². The molecule has 0 bridgehead atoms. The average molecular weight is 336 g/mol. The Labute approximate surface area is 135 Å². The van der Waals surface area contributed by atoms with E-state index in [0.717, 1.165) is 12.0 Å². The Hall–Kier alpha value is -1.77. The highest BCUT2D eigenvalue weighted by atomic mass is 32.2. The van der Waals surface area contributed by atoms with Crippen LogP contribution in [0.2, 0.25) is 0 Å². The van der Waals surface area contributed by atoms with Gasteiger partial charge in [0.1, 0.15) is 6.33 Å². The molecule has 0 N–H and O–H groups in total. The molecule has 23 heavy (non-hydrogen) atoms. The smallest absolute Gasteiger partial charge is 0.278 e. The van der Waals surface area contributed by atoms with Crippen molar-refractivity contribution in [2.75, 3.05) is 19.7 Å². The number of aromatic nitrogens is 3. The van der Waals surface area contributed by atoms with Crippen molar-refractivity contribution in [2.45, 2.75) is 24.6 Å². The summed E-state index contributed by atoms with van der Waals surface area (Å²) < 4.78 is 34.0. The summed E-state index contributed by atoms with van der Waals surface area (Å²) in [4.78, 5) is 0. The maximum absolute atomic E-state index is 12.7. The van der Waals surface area contributed by atoms with Crippen molar-refractivity contribution in [1.29, 1.82) is 0 Å². The SMILES string of the molecule is CCc1ccc(C2CN(S(=O)(=O)c3nncn3C)CCO2)cc1. The summed E-state index contributed by atoms with van der Waals surface area (Å²) in [6.45, 7) is 3.05. The van der Waals surface area contributed by atoms with E-state index in [1.807, 2.05) is 12.1 Å². The summed E-state index contributed by atoms with van der Waals surface area (Å²) in [6.07, 6.45) is 2.09. The fourth-order valence-electron chi connectivity index (χ4n) is 2.64. The van der Waals surface area contributed by atoms with Crippen LogP contribution in [0, 0.1) is 0 Å². The maximum atomic E-state index is 12.7.